The van der Waals surface area contributed by atoms with Crippen molar-refractivity contribution in [1.29, 1.82) is 0 Å². The monoisotopic (exact) mass is 389 g/mol. The summed E-state index contributed by atoms with van der Waals surface area (Å²) in [6.07, 6.45) is 10.3. The van der Waals surface area contributed by atoms with Crippen molar-refractivity contribution >= 4 is 34.8 Å². The summed E-state index contributed by atoms with van der Waals surface area (Å²) < 4.78 is 15.1. The number of aliphatic imine (C=N–C) groups is 1. The van der Waals surface area contributed by atoms with Crippen LogP contribution < -0.4 is 5.56 Å². The summed E-state index contributed by atoms with van der Waals surface area (Å²) in [5.74, 6) is -0.157. The van der Waals surface area contributed by atoms with Gasteiger partial charge in [0.2, 0.25) is 0 Å². The fourth-order valence-electron chi connectivity index (χ4n) is 2.80. The molecule has 4 rings (SSSR count). The van der Waals surface area contributed by atoms with Crippen molar-refractivity contribution in [2.75, 3.05) is 0 Å². The average molecular weight is 390 g/mol. The Kier molecular flexibility index (Phi) is 4.85. The summed E-state index contributed by atoms with van der Waals surface area (Å²) in [7, 11) is 0. The number of hydrogen-bond acceptors (Lipinski definition) is 3. The summed E-state index contributed by atoms with van der Waals surface area (Å²) in [6.45, 7) is 0. The third-order valence-electron chi connectivity index (χ3n) is 4.08. The van der Waals surface area contributed by atoms with E-state index in [9.17, 15) is 9.18 Å². The third kappa shape index (κ3) is 3.49. The van der Waals surface area contributed by atoms with Gasteiger partial charge in [0.1, 0.15) is 17.3 Å². The van der Waals surface area contributed by atoms with Gasteiger partial charge in [-0.05, 0) is 54.6 Å². The molecule has 6 heteroatoms. The molecular weight excluding hydrogens is 377 g/mol. The second-order valence-corrected chi connectivity index (χ2v) is 6.32. The maximum absolute atomic E-state index is 13.7. The van der Waals surface area contributed by atoms with E-state index in [1.54, 1.807) is 54.8 Å². The molecule has 28 heavy (non-hydrogen) atoms. The van der Waals surface area contributed by atoms with Crippen molar-refractivity contribution in [2.24, 2.45) is 4.99 Å². The zero-order valence-corrected chi connectivity index (χ0v) is 15.3. The molecule has 0 saturated heterocycles. The van der Waals surface area contributed by atoms with Gasteiger partial charge in [-0.15, -0.1) is 0 Å². The lowest BCUT2D eigenvalue weighted by molar-refractivity contribution is 0.629. The van der Waals surface area contributed by atoms with Crippen molar-refractivity contribution in [3.8, 4) is 5.69 Å². The van der Waals surface area contributed by atoms with Crippen molar-refractivity contribution in [1.82, 2.24) is 9.55 Å². The molecule has 0 amide bonds. The van der Waals surface area contributed by atoms with E-state index >= 15 is 0 Å². The minimum Gasteiger partial charge on any atom is -0.268 e. The van der Waals surface area contributed by atoms with E-state index in [0.29, 0.717) is 27.7 Å². The zero-order valence-electron chi connectivity index (χ0n) is 14.5. The van der Waals surface area contributed by atoms with E-state index in [2.05, 4.69) is 15.7 Å². The molecule has 2 heterocycles. The number of aromatic nitrogens is 2. The fraction of sp³-hybridized carbons (Fsp3) is 0. The first-order valence-electron chi connectivity index (χ1n) is 8.45. The van der Waals surface area contributed by atoms with E-state index in [1.807, 2.05) is 6.08 Å². The highest BCUT2D eigenvalue weighted by Gasteiger charge is 2.14. The highest BCUT2D eigenvalue weighted by Crippen LogP contribution is 2.22. The standard InChI is InChI=1S/C22H13ClFN3O/c23-18-7-3-4-8-20(18)27-21(12-10-16-6-2-1-5-13-25-16)26-19-11-9-15(24)14-17(19)22(27)28/h1-5,7-14H/b12-10+. The number of allylic oxidation sites excluding steroid dienone is 3. The zero-order chi connectivity index (χ0) is 19.5. The van der Waals surface area contributed by atoms with Gasteiger partial charge in [0, 0.05) is 6.21 Å². The van der Waals surface area contributed by atoms with Crippen molar-refractivity contribution < 1.29 is 4.39 Å². The lowest BCUT2D eigenvalue weighted by Crippen LogP contribution is -2.22. The first-order chi connectivity index (χ1) is 13.6. The molecular formula is C22H13ClFN3O. The van der Waals surface area contributed by atoms with E-state index < -0.39 is 11.4 Å². The molecule has 0 fully saturated rings. The maximum Gasteiger partial charge on any atom is 0.266 e. The van der Waals surface area contributed by atoms with E-state index in [0.717, 1.165) is 0 Å². The van der Waals surface area contributed by atoms with Gasteiger partial charge in [0.05, 0.1) is 21.6 Å². The van der Waals surface area contributed by atoms with Crippen LogP contribution >= 0.6 is 11.6 Å². The average Bonchev–Trinajstić information content (AvgIpc) is 2.97. The maximum atomic E-state index is 13.7. The Morgan fingerprint density at radius 3 is 2.82 bits per heavy atom. The second kappa shape index (κ2) is 7.61. The van der Waals surface area contributed by atoms with Crippen LogP contribution in [-0.4, -0.2) is 15.8 Å². The first kappa shape index (κ1) is 17.9. The second-order valence-electron chi connectivity index (χ2n) is 5.92. The van der Waals surface area contributed by atoms with Crippen molar-refractivity contribution in [3.63, 3.8) is 0 Å². The Morgan fingerprint density at radius 2 is 1.96 bits per heavy atom. The number of rotatable bonds is 3. The molecule has 136 valence electrons. The minimum absolute atomic E-state index is 0.174. The molecule has 0 N–H and O–H groups in total. The summed E-state index contributed by atoms with van der Waals surface area (Å²) in [4.78, 5) is 21.9. The van der Waals surface area contributed by atoms with Gasteiger partial charge in [0.25, 0.3) is 5.56 Å². The molecule has 0 bridgehead atoms. The summed E-state index contributed by atoms with van der Waals surface area (Å²) in [5.41, 5.74) is 4.03. The van der Waals surface area contributed by atoms with Gasteiger partial charge >= 0.3 is 0 Å². The third-order valence-corrected chi connectivity index (χ3v) is 4.40. The normalized spacial score (nSPS) is 13.3. The molecule has 0 radical (unpaired) electrons. The molecule has 4 nitrogen and oxygen atoms in total. The van der Waals surface area contributed by atoms with Gasteiger partial charge in [-0.25, -0.2) is 14.4 Å². The van der Waals surface area contributed by atoms with Gasteiger partial charge in [0.15, 0.2) is 0 Å². The highest BCUT2D eigenvalue weighted by atomic mass is 35.5. The van der Waals surface area contributed by atoms with Gasteiger partial charge in [-0.2, -0.15) is 0 Å². The molecule has 3 aromatic rings. The predicted molar refractivity (Wildman–Crippen MR) is 111 cm³/mol. The van der Waals surface area contributed by atoms with Gasteiger partial charge in [-0.3, -0.25) is 9.36 Å². The van der Waals surface area contributed by atoms with Crippen LogP contribution in [0.1, 0.15) is 5.82 Å². The van der Waals surface area contributed by atoms with Gasteiger partial charge in [-0.1, -0.05) is 35.5 Å². The Morgan fingerprint density at radius 1 is 1.11 bits per heavy atom. The lowest BCUT2D eigenvalue weighted by Gasteiger charge is -2.12. The fourth-order valence-corrected chi connectivity index (χ4v) is 3.02. The topological polar surface area (TPSA) is 47.2 Å². The minimum atomic E-state index is -0.504. The number of fused-ring (bicyclic) bond motifs is 1. The molecule has 2 aromatic carbocycles. The van der Waals surface area contributed by atoms with Gasteiger partial charge < -0.3 is 0 Å². The molecule has 0 unspecified atom stereocenters. The Hall–Kier alpha value is -3.53. The quantitative estimate of drug-likeness (QED) is 0.600. The molecule has 1 aliphatic heterocycles. The number of hydrogen-bond donors (Lipinski definition) is 0. The van der Waals surface area contributed by atoms with Crippen LogP contribution in [0.15, 0.2) is 88.0 Å². The lowest BCUT2D eigenvalue weighted by atomic mass is 10.2. The summed E-state index contributed by atoms with van der Waals surface area (Å²) >= 11 is 6.32. The smallest absolute Gasteiger partial charge is 0.266 e. The molecule has 1 aliphatic rings. The van der Waals surface area contributed by atoms with Crippen LogP contribution in [0.25, 0.3) is 22.7 Å². The van der Waals surface area contributed by atoms with Crippen molar-refractivity contribution in [2.45, 2.75) is 0 Å². The summed E-state index contributed by atoms with van der Waals surface area (Å²) in [5, 5.41) is 0.556. The Labute approximate surface area is 165 Å². The number of benzene rings is 2. The number of halogens is 2. The van der Waals surface area contributed by atoms with Crippen molar-refractivity contribution in [3.05, 3.63) is 105 Å². The molecule has 1 aromatic heterocycles. The molecule has 0 atom stereocenters. The van der Waals surface area contributed by atoms with Crippen LogP contribution in [-0.2, 0) is 0 Å². The highest BCUT2D eigenvalue weighted by molar-refractivity contribution is 6.32. The van der Waals surface area contributed by atoms with Crippen LogP contribution in [0.2, 0.25) is 5.02 Å². The van der Waals surface area contributed by atoms with E-state index in [4.69, 9.17) is 11.6 Å². The van der Waals surface area contributed by atoms with Crippen LogP contribution in [0, 0.1) is 5.82 Å². The van der Waals surface area contributed by atoms with Crippen LogP contribution in [0.3, 0.4) is 0 Å². The van der Waals surface area contributed by atoms with Crippen LogP contribution in [0.4, 0.5) is 4.39 Å². The molecule has 0 spiro atoms. The van der Waals surface area contributed by atoms with Crippen LogP contribution in [0.5, 0.6) is 0 Å². The molecule has 0 saturated carbocycles. The largest absolute Gasteiger partial charge is 0.268 e. The SMILES string of the molecule is O=c1c2cc(F)ccc2nc(/C=C/C2=C=CC=CC=N2)n1-c1ccccc1Cl. The van der Waals surface area contributed by atoms with E-state index in [1.165, 1.54) is 22.8 Å². The van der Waals surface area contributed by atoms with E-state index in [-0.39, 0.29) is 5.39 Å². The molecule has 0 aliphatic carbocycles. The first-order valence-corrected chi connectivity index (χ1v) is 8.82. The number of nitrogens with zero attached hydrogens (tertiary/aromatic N) is 3. The number of para-hydroxylation sites is 1. The Balaban J connectivity index is 1.98. The summed E-state index contributed by atoms with van der Waals surface area (Å²) in [6, 6.07) is 10.9. The predicted octanol–water partition coefficient (Wildman–Crippen LogP) is 4.87. The Bertz CT molecular complexity index is 1290.